The number of nitrogens with zero attached hydrogens (tertiary/aromatic N) is 3. The Balaban J connectivity index is 2.00. The van der Waals surface area contributed by atoms with Gasteiger partial charge in [-0.05, 0) is 13.0 Å². The lowest BCUT2D eigenvalue weighted by atomic mass is 10.5. The first kappa shape index (κ1) is 12.0. The summed E-state index contributed by atoms with van der Waals surface area (Å²) in [5, 5.41) is 11.3. The van der Waals surface area contributed by atoms with Crippen molar-refractivity contribution in [3.63, 3.8) is 0 Å². The number of hydrogen-bond acceptors (Lipinski definition) is 6. The summed E-state index contributed by atoms with van der Waals surface area (Å²) < 4.78 is 0. The molecule has 5 nitrogen and oxygen atoms in total. The number of carbonyl (C=O) groups is 1. The highest BCUT2D eigenvalue weighted by atomic mass is 32.2. The first-order valence-electron chi connectivity index (χ1n) is 4.75. The molecule has 7 heteroatoms. The molecule has 0 saturated heterocycles. The van der Waals surface area contributed by atoms with Gasteiger partial charge in [0.15, 0.2) is 5.16 Å². The maximum Gasteiger partial charge on any atom is 0.365 e. The van der Waals surface area contributed by atoms with E-state index >= 15 is 0 Å². The molecule has 0 saturated carbocycles. The largest absolute Gasteiger partial charge is 0.476 e. The number of thioether (sulfide) groups is 1. The number of carboxylic acid groups (broad SMARTS) is 1. The van der Waals surface area contributed by atoms with Gasteiger partial charge in [0, 0.05) is 23.0 Å². The van der Waals surface area contributed by atoms with Gasteiger partial charge in [0.2, 0.25) is 5.01 Å². The smallest absolute Gasteiger partial charge is 0.365 e. The van der Waals surface area contributed by atoms with Crippen LogP contribution in [0.5, 0.6) is 0 Å². The van der Waals surface area contributed by atoms with Gasteiger partial charge < -0.3 is 5.11 Å². The van der Waals surface area contributed by atoms with E-state index in [-0.39, 0.29) is 5.01 Å². The summed E-state index contributed by atoms with van der Waals surface area (Å²) in [6, 6.07) is 1.83. The van der Waals surface area contributed by atoms with Crippen LogP contribution in [0.3, 0.4) is 0 Å². The lowest BCUT2D eigenvalue weighted by Gasteiger charge is -1.98. The Kier molecular flexibility index (Phi) is 3.70. The van der Waals surface area contributed by atoms with Gasteiger partial charge in [-0.15, -0.1) is 11.3 Å². The van der Waals surface area contributed by atoms with Gasteiger partial charge in [-0.3, -0.25) is 0 Å². The van der Waals surface area contributed by atoms with Crippen molar-refractivity contribution in [1.29, 1.82) is 0 Å². The number of rotatable bonds is 4. The van der Waals surface area contributed by atoms with Crippen LogP contribution in [-0.2, 0) is 5.75 Å². The highest BCUT2D eigenvalue weighted by Gasteiger charge is 2.09. The molecule has 0 aliphatic heterocycles. The number of aromatic nitrogens is 3. The van der Waals surface area contributed by atoms with Gasteiger partial charge in [0.25, 0.3) is 0 Å². The first-order valence-corrected chi connectivity index (χ1v) is 6.62. The molecule has 0 spiro atoms. The monoisotopic (exact) mass is 267 g/mol. The molecule has 2 heterocycles. The second kappa shape index (κ2) is 5.24. The lowest BCUT2D eigenvalue weighted by molar-refractivity contribution is 0.0696. The van der Waals surface area contributed by atoms with Crippen LogP contribution in [0.1, 0.15) is 21.2 Å². The minimum absolute atomic E-state index is 0.116. The number of hydrogen-bond donors (Lipinski definition) is 1. The molecular formula is C10H9N3O2S2. The van der Waals surface area contributed by atoms with Crippen LogP contribution in [0.4, 0.5) is 0 Å². The fourth-order valence-electron chi connectivity index (χ4n) is 1.11. The molecule has 0 radical (unpaired) electrons. The van der Waals surface area contributed by atoms with Crippen LogP contribution in [0.15, 0.2) is 22.8 Å². The number of aryl methyl sites for hydroxylation is 1. The van der Waals surface area contributed by atoms with E-state index in [1.54, 1.807) is 11.6 Å². The molecule has 17 heavy (non-hydrogen) atoms. The highest BCUT2D eigenvalue weighted by molar-refractivity contribution is 7.98. The predicted molar refractivity (Wildman–Crippen MR) is 65.4 cm³/mol. The molecule has 0 aliphatic rings. The minimum Gasteiger partial charge on any atom is -0.476 e. The normalized spacial score (nSPS) is 10.4. The molecule has 0 bridgehead atoms. The second-order valence-corrected chi connectivity index (χ2v) is 5.02. The Morgan fingerprint density at radius 2 is 2.35 bits per heavy atom. The molecule has 0 aromatic carbocycles. The topological polar surface area (TPSA) is 76.0 Å². The Morgan fingerprint density at radius 1 is 1.53 bits per heavy atom. The standard InChI is InChI=1S/C10H9N3O2S2/c1-6-2-3-11-10(12-6)17-5-7-4-16-8(13-7)9(14)15/h2-4H,5H2,1H3,(H,14,15). The van der Waals surface area contributed by atoms with Crippen molar-refractivity contribution in [1.82, 2.24) is 15.0 Å². The molecule has 2 rings (SSSR count). The number of thiazole rings is 1. The zero-order chi connectivity index (χ0) is 12.3. The van der Waals surface area contributed by atoms with Crippen LogP contribution in [0.25, 0.3) is 0 Å². The summed E-state index contributed by atoms with van der Waals surface area (Å²) >= 11 is 2.57. The Labute approximate surface area is 106 Å². The van der Waals surface area contributed by atoms with Crippen molar-refractivity contribution < 1.29 is 9.90 Å². The fourth-order valence-corrected chi connectivity index (χ4v) is 2.63. The number of carboxylic acids is 1. The van der Waals surface area contributed by atoms with Gasteiger partial charge in [0.05, 0.1) is 5.69 Å². The van der Waals surface area contributed by atoms with E-state index < -0.39 is 5.97 Å². The predicted octanol–water partition coefficient (Wildman–Crippen LogP) is 2.23. The van der Waals surface area contributed by atoms with Gasteiger partial charge in [-0.25, -0.2) is 19.7 Å². The van der Waals surface area contributed by atoms with Crippen LogP contribution in [-0.4, -0.2) is 26.0 Å². The van der Waals surface area contributed by atoms with Gasteiger partial charge in [-0.1, -0.05) is 11.8 Å². The molecule has 1 N–H and O–H groups in total. The molecule has 0 amide bonds. The van der Waals surface area contributed by atoms with Gasteiger partial charge >= 0.3 is 5.97 Å². The van der Waals surface area contributed by atoms with E-state index in [2.05, 4.69) is 15.0 Å². The molecule has 0 unspecified atom stereocenters. The molecule has 0 fully saturated rings. The summed E-state index contributed by atoms with van der Waals surface area (Å²) in [5.74, 6) is -0.411. The SMILES string of the molecule is Cc1ccnc(SCc2csc(C(=O)O)n2)n1. The maximum atomic E-state index is 10.6. The van der Waals surface area contributed by atoms with Crippen molar-refractivity contribution in [2.24, 2.45) is 0 Å². The average molecular weight is 267 g/mol. The summed E-state index contributed by atoms with van der Waals surface area (Å²) in [5.41, 5.74) is 1.65. The van der Waals surface area contributed by atoms with Crippen LogP contribution in [0.2, 0.25) is 0 Å². The van der Waals surface area contributed by atoms with E-state index in [0.29, 0.717) is 10.9 Å². The summed E-state index contributed by atoms with van der Waals surface area (Å²) in [6.45, 7) is 1.90. The van der Waals surface area contributed by atoms with Gasteiger partial charge in [0.1, 0.15) is 0 Å². The van der Waals surface area contributed by atoms with E-state index in [1.807, 2.05) is 13.0 Å². The molecular weight excluding hydrogens is 258 g/mol. The molecule has 2 aromatic rings. The summed E-state index contributed by atoms with van der Waals surface area (Å²) in [7, 11) is 0. The minimum atomic E-state index is -0.988. The van der Waals surface area contributed by atoms with Crippen molar-refractivity contribution in [2.75, 3.05) is 0 Å². The van der Waals surface area contributed by atoms with E-state index in [9.17, 15) is 4.79 Å². The van der Waals surface area contributed by atoms with E-state index in [1.165, 1.54) is 11.8 Å². The Hall–Kier alpha value is -1.47. The van der Waals surface area contributed by atoms with Crippen LogP contribution in [0, 0.1) is 6.92 Å². The quantitative estimate of drug-likeness (QED) is 0.676. The molecule has 0 aliphatic carbocycles. The third-order valence-corrected chi connectivity index (χ3v) is 3.63. The summed E-state index contributed by atoms with van der Waals surface area (Å²) in [6.07, 6.45) is 1.70. The fraction of sp³-hybridized carbons (Fsp3) is 0.200. The lowest BCUT2D eigenvalue weighted by Crippen LogP contribution is -1.95. The van der Waals surface area contributed by atoms with Gasteiger partial charge in [-0.2, -0.15) is 0 Å². The van der Waals surface area contributed by atoms with Crippen molar-refractivity contribution in [3.05, 3.63) is 34.0 Å². The highest BCUT2D eigenvalue weighted by Crippen LogP contribution is 2.20. The third kappa shape index (κ3) is 3.24. The number of aromatic carboxylic acids is 1. The third-order valence-electron chi connectivity index (χ3n) is 1.86. The van der Waals surface area contributed by atoms with Crippen LogP contribution < -0.4 is 0 Å². The zero-order valence-electron chi connectivity index (χ0n) is 8.95. The van der Waals surface area contributed by atoms with Crippen molar-refractivity contribution in [2.45, 2.75) is 17.8 Å². The molecule has 88 valence electrons. The zero-order valence-corrected chi connectivity index (χ0v) is 10.6. The second-order valence-electron chi connectivity index (χ2n) is 3.22. The molecule has 0 atom stereocenters. The van der Waals surface area contributed by atoms with Crippen molar-refractivity contribution >= 4 is 29.1 Å². The average Bonchev–Trinajstić information content (AvgIpc) is 2.75. The maximum absolute atomic E-state index is 10.6. The first-order chi connectivity index (χ1) is 8.15. The summed E-state index contributed by atoms with van der Waals surface area (Å²) in [4.78, 5) is 23.0. The Bertz CT molecular complexity index is 542. The molecule has 2 aromatic heterocycles. The van der Waals surface area contributed by atoms with E-state index in [4.69, 9.17) is 5.11 Å². The Morgan fingerprint density at radius 3 is 3.00 bits per heavy atom. The van der Waals surface area contributed by atoms with E-state index in [0.717, 1.165) is 22.7 Å². The van der Waals surface area contributed by atoms with Crippen molar-refractivity contribution in [3.8, 4) is 0 Å². The van der Waals surface area contributed by atoms with Crippen LogP contribution >= 0.6 is 23.1 Å².